The van der Waals surface area contributed by atoms with Gasteiger partial charge in [0, 0.05) is 30.0 Å². The Hall–Kier alpha value is -2.79. The fourth-order valence-corrected chi connectivity index (χ4v) is 3.51. The minimum Gasteiger partial charge on any atom is -0.378 e. The standard InChI is InChI=1S/C21H21ClN4O/c1-14-15(2)26-13-17(25-10-6-5-9-20(25)27)11-19(21(26)24-14)23-12-16-7-3-4-8-18(16)22/h3-11,13-15,23H,12H2,1-2H3. The van der Waals surface area contributed by atoms with Crippen molar-refractivity contribution in [3.05, 3.63) is 87.6 Å². The molecule has 0 aliphatic carbocycles. The summed E-state index contributed by atoms with van der Waals surface area (Å²) >= 11 is 6.29. The highest BCUT2D eigenvalue weighted by molar-refractivity contribution is 6.31. The zero-order valence-corrected chi connectivity index (χ0v) is 16.0. The van der Waals surface area contributed by atoms with Crippen molar-refractivity contribution in [1.82, 2.24) is 14.8 Å². The van der Waals surface area contributed by atoms with Gasteiger partial charge in [0.25, 0.3) is 5.56 Å². The fraction of sp³-hybridized carbons (Fsp3) is 0.238. The molecule has 3 heterocycles. The topological polar surface area (TPSA) is 49.6 Å². The first-order valence-corrected chi connectivity index (χ1v) is 9.38. The number of benzene rings is 1. The normalized spacial score (nSPS) is 21.3. The number of aliphatic imine (C=N–C) groups is 1. The predicted molar refractivity (Wildman–Crippen MR) is 110 cm³/mol. The average Bonchev–Trinajstić information content (AvgIpc) is 2.96. The van der Waals surface area contributed by atoms with E-state index in [9.17, 15) is 4.79 Å². The summed E-state index contributed by atoms with van der Waals surface area (Å²) in [4.78, 5) is 19.2. The zero-order valence-electron chi connectivity index (χ0n) is 15.3. The van der Waals surface area contributed by atoms with Gasteiger partial charge in [-0.3, -0.25) is 14.4 Å². The molecule has 1 aromatic heterocycles. The molecule has 5 nitrogen and oxygen atoms in total. The molecule has 27 heavy (non-hydrogen) atoms. The molecule has 0 spiro atoms. The molecule has 0 radical (unpaired) electrons. The van der Waals surface area contributed by atoms with Crippen LogP contribution in [0.15, 0.2) is 76.4 Å². The van der Waals surface area contributed by atoms with E-state index in [1.54, 1.807) is 22.9 Å². The molecule has 1 N–H and O–H groups in total. The number of nitrogens with zero attached hydrogens (tertiary/aromatic N) is 3. The van der Waals surface area contributed by atoms with Crippen molar-refractivity contribution in [3.8, 4) is 0 Å². The number of aromatic nitrogens is 1. The maximum atomic E-state index is 12.3. The van der Waals surface area contributed by atoms with Crippen LogP contribution >= 0.6 is 11.6 Å². The maximum absolute atomic E-state index is 12.3. The van der Waals surface area contributed by atoms with Crippen molar-refractivity contribution in [2.75, 3.05) is 0 Å². The first kappa shape index (κ1) is 17.6. The van der Waals surface area contributed by atoms with Gasteiger partial charge in [-0.1, -0.05) is 35.9 Å². The van der Waals surface area contributed by atoms with Crippen LogP contribution in [0, 0.1) is 0 Å². The molecule has 0 bridgehead atoms. The number of hydrogen-bond donors (Lipinski definition) is 1. The van der Waals surface area contributed by atoms with E-state index in [1.165, 1.54) is 0 Å². The molecule has 2 unspecified atom stereocenters. The summed E-state index contributed by atoms with van der Waals surface area (Å²) in [6.07, 6.45) is 5.75. The molecule has 2 aliphatic rings. The van der Waals surface area contributed by atoms with E-state index in [0.29, 0.717) is 6.54 Å². The highest BCUT2D eigenvalue weighted by Crippen LogP contribution is 2.27. The Morgan fingerprint density at radius 3 is 2.70 bits per heavy atom. The second-order valence-electron chi connectivity index (χ2n) is 6.81. The van der Waals surface area contributed by atoms with Gasteiger partial charge in [0.15, 0.2) is 5.84 Å². The van der Waals surface area contributed by atoms with Gasteiger partial charge in [-0.15, -0.1) is 0 Å². The minimum atomic E-state index is -0.0641. The van der Waals surface area contributed by atoms with E-state index in [1.807, 2.05) is 42.6 Å². The highest BCUT2D eigenvalue weighted by Gasteiger charge is 2.33. The van der Waals surface area contributed by atoms with Gasteiger partial charge in [0.2, 0.25) is 0 Å². The van der Waals surface area contributed by atoms with Crippen molar-refractivity contribution < 1.29 is 0 Å². The van der Waals surface area contributed by atoms with E-state index in [-0.39, 0.29) is 17.6 Å². The monoisotopic (exact) mass is 380 g/mol. The van der Waals surface area contributed by atoms with Crippen molar-refractivity contribution in [3.63, 3.8) is 0 Å². The van der Waals surface area contributed by atoms with Gasteiger partial charge in [-0.05, 0) is 37.6 Å². The lowest BCUT2D eigenvalue weighted by Crippen LogP contribution is -2.39. The maximum Gasteiger partial charge on any atom is 0.255 e. The van der Waals surface area contributed by atoms with E-state index in [4.69, 9.17) is 16.6 Å². The summed E-state index contributed by atoms with van der Waals surface area (Å²) in [5.74, 6) is 0.898. The Morgan fingerprint density at radius 1 is 1.15 bits per heavy atom. The molecule has 2 aromatic rings. The van der Waals surface area contributed by atoms with Crippen LogP contribution in [-0.4, -0.2) is 27.4 Å². The summed E-state index contributed by atoms with van der Waals surface area (Å²) in [6.45, 7) is 4.82. The molecular weight excluding hydrogens is 360 g/mol. The van der Waals surface area contributed by atoms with Crippen molar-refractivity contribution in [2.45, 2.75) is 32.5 Å². The van der Waals surface area contributed by atoms with Crippen LogP contribution in [0.25, 0.3) is 5.70 Å². The van der Waals surface area contributed by atoms with Crippen LogP contribution in [0.1, 0.15) is 19.4 Å². The Labute approximate surface area is 163 Å². The van der Waals surface area contributed by atoms with E-state index in [2.05, 4.69) is 24.1 Å². The molecule has 2 aliphatic heterocycles. The van der Waals surface area contributed by atoms with Gasteiger partial charge in [0.1, 0.15) is 0 Å². The molecule has 0 amide bonds. The summed E-state index contributed by atoms with van der Waals surface area (Å²) in [5, 5.41) is 4.18. The Bertz CT molecular complexity index is 1020. The number of halogens is 1. The predicted octanol–water partition coefficient (Wildman–Crippen LogP) is 3.48. The molecule has 1 aromatic carbocycles. The molecule has 0 saturated heterocycles. The van der Waals surface area contributed by atoms with E-state index < -0.39 is 0 Å². The molecule has 4 rings (SSSR count). The van der Waals surface area contributed by atoms with Gasteiger partial charge in [-0.2, -0.15) is 0 Å². The molecule has 0 saturated carbocycles. The van der Waals surface area contributed by atoms with Gasteiger partial charge in [-0.25, -0.2) is 0 Å². The van der Waals surface area contributed by atoms with Crippen LogP contribution in [0.4, 0.5) is 0 Å². The lowest BCUT2D eigenvalue weighted by molar-refractivity contribution is 0.418. The molecule has 138 valence electrons. The summed E-state index contributed by atoms with van der Waals surface area (Å²) < 4.78 is 1.64. The highest BCUT2D eigenvalue weighted by atomic mass is 35.5. The first-order valence-electron chi connectivity index (χ1n) is 9.00. The Morgan fingerprint density at radius 2 is 1.93 bits per heavy atom. The van der Waals surface area contributed by atoms with Crippen molar-refractivity contribution in [2.24, 2.45) is 4.99 Å². The number of allylic oxidation sites excluding steroid dienone is 2. The number of pyridine rings is 1. The number of amidine groups is 1. The molecular formula is C21H21ClN4O. The Kier molecular flexibility index (Phi) is 4.62. The van der Waals surface area contributed by atoms with Crippen LogP contribution in [0.3, 0.4) is 0 Å². The number of rotatable bonds is 4. The molecule has 2 atom stereocenters. The lowest BCUT2D eigenvalue weighted by atomic mass is 10.1. The van der Waals surface area contributed by atoms with Crippen molar-refractivity contribution >= 4 is 23.1 Å². The number of nitrogens with one attached hydrogen (secondary N) is 1. The SMILES string of the molecule is CC1N=C2C(NCc3ccccc3Cl)=CC(n3ccccc3=O)=CN2C1C. The number of fused-ring (bicyclic) bond motifs is 1. The lowest BCUT2D eigenvalue weighted by Gasteiger charge is -2.29. The van der Waals surface area contributed by atoms with Crippen LogP contribution in [0.5, 0.6) is 0 Å². The third-order valence-corrected chi connectivity index (χ3v) is 5.41. The molecule has 6 heteroatoms. The van der Waals surface area contributed by atoms with Crippen molar-refractivity contribution in [1.29, 1.82) is 0 Å². The second kappa shape index (κ2) is 7.08. The van der Waals surface area contributed by atoms with E-state index in [0.717, 1.165) is 27.8 Å². The first-order chi connectivity index (χ1) is 13.0. The minimum absolute atomic E-state index is 0.0641. The third-order valence-electron chi connectivity index (χ3n) is 5.04. The third kappa shape index (κ3) is 3.30. The van der Waals surface area contributed by atoms with Gasteiger partial charge in [0.05, 0.1) is 23.5 Å². The van der Waals surface area contributed by atoms with Crippen LogP contribution in [-0.2, 0) is 6.54 Å². The summed E-state index contributed by atoms with van der Waals surface area (Å²) in [6, 6.07) is 13.3. The van der Waals surface area contributed by atoms with Crippen LogP contribution in [0.2, 0.25) is 5.02 Å². The van der Waals surface area contributed by atoms with E-state index >= 15 is 0 Å². The summed E-state index contributed by atoms with van der Waals surface area (Å²) in [7, 11) is 0. The summed E-state index contributed by atoms with van der Waals surface area (Å²) in [5.41, 5.74) is 2.64. The van der Waals surface area contributed by atoms with Gasteiger partial charge >= 0.3 is 0 Å². The largest absolute Gasteiger partial charge is 0.378 e. The Balaban J connectivity index is 1.70. The molecule has 0 fully saturated rings. The zero-order chi connectivity index (χ0) is 19.0. The second-order valence-corrected chi connectivity index (χ2v) is 7.21. The average molecular weight is 381 g/mol. The van der Waals surface area contributed by atoms with Gasteiger partial charge < -0.3 is 10.2 Å². The fourth-order valence-electron chi connectivity index (χ4n) is 3.31. The number of hydrogen-bond acceptors (Lipinski definition) is 4. The quantitative estimate of drug-likeness (QED) is 0.883. The smallest absolute Gasteiger partial charge is 0.255 e. The van der Waals surface area contributed by atoms with Crippen LogP contribution < -0.4 is 10.9 Å².